The van der Waals surface area contributed by atoms with Crippen molar-refractivity contribution in [2.75, 3.05) is 14.2 Å². The maximum Gasteiger partial charge on any atom is 0.341 e. The molecule has 6 heteroatoms. The van der Waals surface area contributed by atoms with Gasteiger partial charge in [-0.1, -0.05) is 39.3 Å². The van der Waals surface area contributed by atoms with E-state index in [9.17, 15) is 9.59 Å². The largest absolute Gasteiger partial charge is 0.465 e. The molecule has 1 aromatic rings. The Balaban J connectivity index is 3.80. The van der Waals surface area contributed by atoms with Crippen molar-refractivity contribution in [2.45, 2.75) is 39.5 Å². The molecule has 0 aromatic carbocycles. The number of methoxy groups -OCH3 is 2. The van der Waals surface area contributed by atoms with Crippen molar-refractivity contribution in [3.05, 3.63) is 27.5 Å². The van der Waals surface area contributed by atoms with Crippen molar-refractivity contribution >= 4 is 23.5 Å². The second-order valence-electron chi connectivity index (χ2n) is 5.24. The Morgan fingerprint density at radius 3 is 1.48 bits per heavy atom. The van der Waals surface area contributed by atoms with Crippen molar-refractivity contribution in [3.63, 3.8) is 0 Å². The molecule has 0 aliphatic carbocycles. The number of carbonyl (C=O) groups is 2. The molecule has 0 N–H and O–H groups in total. The normalized spacial score (nSPS) is 10.9. The van der Waals surface area contributed by atoms with Crippen molar-refractivity contribution in [2.24, 2.45) is 0 Å². The average molecular weight is 314 g/mol. The lowest BCUT2D eigenvalue weighted by Gasteiger charge is -2.19. The zero-order valence-electron chi connectivity index (χ0n) is 13.1. The van der Waals surface area contributed by atoms with E-state index in [1.54, 1.807) is 0 Å². The first-order valence-corrected chi connectivity index (χ1v) is 7.03. The Morgan fingerprint density at radius 1 is 0.905 bits per heavy atom. The molecule has 0 radical (unpaired) electrons. The highest BCUT2D eigenvalue weighted by Gasteiger charge is 2.29. The van der Waals surface area contributed by atoms with Crippen LogP contribution < -0.4 is 0 Å². The molecule has 0 aliphatic heterocycles. The summed E-state index contributed by atoms with van der Waals surface area (Å²) in [6.45, 7) is 7.58. The number of hydrogen-bond donors (Lipinski definition) is 0. The Labute approximate surface area is 129 Å². The summed E-state index contributed by atoms with van der Waals surface area (Å²) in [4.78, 5) is 28.5. The number of ether oxygens (including phenoxy) is 2. The lowest BCUT2D eigenvalue weighted by Crippen LogP contribution is -2.18. The molecule has 0 saturated carbocycles. The standard InChI is InChI=1S/C15H20ClNO4/c1-7(2)12-9(14(18)20-5)11(16)10(15(19)21-6)13(17-12)8(3)4/h7-8H,1-6H3. The number of carbonyl (C=O) groups excluding carboxylic acids is 2. The molecule has 1 rings (SSSR count). The molecule has 5 nitrogen and oxygen atoms in total. The summed E-state index contributed by atoms with van der Waals surface area (Å²) >= 11 is 6.31. The first kappa shape index (κ1) is 17.4. The molecule has 0 saturated heterocycles. The number of pyridine rings is 1. The van der Waals surface area contributed by atoms with Crippen LogP contribution in [-0.4, -0.2) is 31.1 Å². The Bertz CT molecular complexity index is 521. The van der Waals surface area contributed by atoms with Gasteiger partial charge < -0.3 is 9.47 Å². The lowest BCUT2D eigenvalue weighted by atomic mass is 9.96. The van der Waals surface area contributed by atoms with Gasteiger partial charge in [-0.15, -0.1) is 0 Å². The van der Waals surface area contributed by atoms with Gasteiger partial charge in [0.25, 0.3) is 0 Å². The molecule has 0 bridgehead atoms. The fourth-order valence-electron chi connectivity index (χ4n) is 2.02. The summed E-state index contributed by atoms with van der Waals surface area (Å²) in [7, 11) is 2.52. The average Bonchev–Trinajstić information content (AvgIpc) is 2.44. The Kier molecular flexibility index (Phi) is 5.72. The monoisotopic (exact) mass is 313 g/mol. The summed E-state index contributed by atoms with van der Waals surface area (Å²) in [5.41, 5.74) is 1.28. The van der Waals surface area contributed by atoms with Gasteiger partial charge in [0.2, 0.25) is 0 Å². The molecule has 0 unspecified atom stereocenters. The number of nitrogens with zero attached hydrogens (tertiary/aromatic N) is 1. The second kappa shape index (κ2) is 6.89. The van der Waals surface area contributed by atoms with Gasteiger partial charge >= 0.3 is 11.9 Å². The molecule has 21 heavy (non-hydrogen) atoms. The van der Waals surface area contributed by atoms with Gasteiger partial charge in [0.05, 0.1) is 30.6 Å². The van der Waals surface area contributed by atoms with E-state index in [1.165, 1.54) is 14.2 Å². The second-order valence-corrected chi connectivity index (χ2v) is 5.62. The summed E-state index contributed by atoms with van der Waals surface area (Å²) in [6.07, 6.45) is 0. The highest BCUT2D eigenvalue weighted by molar-refractivity contribution is 6.36. The third kappa shape index (κ3) is 3.35. The van der Waals surface area contributed by atoms with Crippen LogP contribution in [0.15, 0.2) is 0 Å². The van der Waals surface area contributed by atoms with Gasteiger partial charge in [-0.2, -0.15) is 0 Å². The maximum absolute atomic E-state index is 12.0. The van der Waals surface area contributed by atoms with Crippen molar-refractivity contribution < 1.29 is 19.1 Å². The van der Waals surface area contributed by atoms with Gasteiger partial charge in [-0.3, -0.25) is 4.98 Å². The highest BCUT2D eigenvalue weighted by Crippen LogP contribution is 2.33. The number of aromatic nitrogens is 1. The molecule has 116 valence electrons. The van der Waals surface area contributed by atoms with E-state index in [1.807, 2.05) is 27.7 Å². The minimum Gasteiger partial charge on any atom is -0.465 e. The van der Waals surface area contributed by atoms with Crippen LogP contribution in [0.25, 0.3) is 0 Å². The fourth-order valence-corrected chi connectivity index (χ4v) is 2.37. The van der Waals surface area contributed by atoms with Gasteiger partial charge in [0.1, 0.15) is 11.1 Å². The number of halogens is 1. The van der Waals surface area contributed by atoms with Crippen molar-refractivity contribution in [1.29, 1.82) is 0 Å². The maximum atomic E-state index is 12.0. The van der Waals surface area contributed by atoms with E-state index in [2.05, 4.69) is 4.98 Å². The summed E-state index contributed by atoms with van der Waals surface area (Å²) in [5.74, 6) is -1.31. The molecule has 0 fully saturated rings. The quantitative estimate of drug-likeness (QED) is 0.795. The van der Waals surface area contributed by atoms with Crippen LogP contribution >= 0.6 is 11.6 Å². The Hall–Kier alpha value is -1.62. The van der Waals surface area contributed by atoms with E-state index >= 15 is 0 Å². The van der Waals surface area contributed by atoms with Crippen LogP contribution in [0.5, 0.6) is 0 Å². The first-order chi connectivity index (χ1) is 9.76. The molecule has 1 aromatic heterocycles. The predicted molar refractivity (Wildman–Crippen MR) is 80.1 cm³/mol. The Morgan fingerprint density at radius 2 is 1.24 bits per heavy atom. The summed E-state index contributed by atoms with van der Waals surface area (Å²) < 4.78 is 9.52. The smallest absolute Gasteiger partial charge is 0.341 e. The van der Waals surface area contributed by atoms with Crippen LogP contribution in [-0.2, 0) is 9.47 Å². The molecule has 0 aliphatic rings. The lowest BCUT2D eigenvalue weighted by molar-refractivity contribution is 0.0596. The van der Waals surface area contributed by atoms with Crippen LogP contribution in [0.1, 0.15) is 71.6 Å². The van der Waals surface area contributed by atoms with E-state index in [-0.39, 0.29) is 28.0 Å². The zero-order valence-corrected chi connectivity index (χ0v) is 13.9. The fraction of sp³-hybridized carbons (Fsp3) is 0.533. The van der Waals surface area contributed by atoms with E-state index in [0.717, 1.165) is 0 Å². The molecule has 0 spiro atoms. The molecular formula is C15H20ClNO4. The van der Waals surface area contributed by atoms with E-state index in [4.69, 9.17) is 21.1 Å². The van der Waals surface area contributed by atoms with Gasteiger partial charge in [-0.05, 0) is 11.8 Å². The zero-order chi connectivity index (χ0) is 16.3. The first-order valence-electron chi connectivity index (χ1n) is 6.66. The molecule has 0 atom stereocenters. The SMILES string of the molecule is COC(=O)c1c(C(C)C)nc(C(C)C)c(C(=O)OC)c1Cl. The minimum absolute atomic E-state index is 0.0381. The number of hydrogen-bond acceptors (Lipinski definition) is 5. The predicted octanol–water partition coefficient (Wildman–Crippen LogP) is 3.56. The van der Waals surface area contributed by atoms with Crippen LogP contribution in [0, 0.1) is 0 Å². The highest BCUT2D eigenvalue weighted by atomic mass is 35.5. The minimum atomic E-state index is -0.614. The molecular weight excluding hydrogens is 294 g/mol. The van der Waals surface area contributed by atoms with Crippen molar-refractivity contribution in [1.82, 2.24) is 4.98 Å². The van der Waals surface area contributed by atoms with Crippen molar-refractivity contribution in [3.8, 4) is 0 Å². The van der Waals surface area contributed by atoms with Crippen LogP contribution in [0.3, 0.4) is 0 Å². The van der Waals surface area contributed by atoms with Crippen LogP contribution in [0.2, 0.25) is 5.02 Å². The summed E-state index contributed by atoms with van der Waals surface area (Å²) in [6, 6.07) is 0. The number of esters is 2. The van der Waals surface area contributed by atoms with Gasteiger partial charge in [0, 0.05) is 0 Å². The van der Waals surface area contributed by atoms with E-state index < -0.39 is 11.9 Å². The van der Waals surface area contributed by atoms with Crippen LogP contribution in [0.4, 0.5) is 0 Å². The third-order valence-corrected chi connectivity index (χ3v) is 3.44. The van der Waals surface area contributed by atoms with Gasteiger partial charge in [-0.25, -0.2) is 9.59 Å². The molecule has 0 amide bonds. The van der Waals surface area contributed by atoms with E-state index in [0.29, 0.717) is 11.4 Å². The summed E-state index contributed by atoms with van der Waals surface area (Å²) in [5, 5.41) is 0.0381. The van der Waals surface area contributed by atoms with Gasteiger partial charge in [0.15, 0.2) is 0 Å². The third-order valence-electron chi connectivity index (χ3n) is 3.06. The topological polar surface area (TPSA) is 65.5 Å². The number of rotatable bonds is 4. The molecule has 1 heterocycles.